The third-order valence-corrected chi connectivity index (χ3v) is 1.76. The predicted molar refractivity (Wildman–Crippen MR) is 51.2 cm³/mol. The molecule has 3 nitrogen and oxygen atoms in total. The zero-order valence-corrected chi connectivity index (χ0v) is 7.95. The van der Waals surface area contributed by atoms with E-state index in [1.165, 1.54) is 0 Å². The summed E-state index contributed by atoms with van der Waals surface area (Å²) in [6.45, 7) is 0.757. The summed E-state index contributed by atoms with van der Waals surface area (Å²) in [5, 5.41) is 5.98. The van der Waals surface area contributed by atoms with Gasteiger partial charge in [-0.15, -0.1) is 0 Å². The molecule has 0 N–H and O–H groups in total. The van der Waals surface area contributed by atoms with Crippen LogP contribution in [0.5, 0.6) is 0 Å². The standard InChI is InChI=1S/C7H10BrN3/c1-11-5-4-9-6-7(8)2-3-10-11/h3-4,6H,2,5H2,1H3/b7-6+,9-4?,10-3?. The van der Waals surface area contributed by atoms with Gasteiger partial charge in [0.15, 0.2) is 0 Å². The highest BCUT2D eigenvalue weighted by Crippen LogP contribution is 2.08. The van der Waals surface area contributed by atoms with Gasteiger partial charge in [-0.2, -0.15) is 5.10 Å². The van der Waals surface area contributed by atoms with Gasteiger partial charge in [-0.25, -0.2) is 0 Å². The normalized spacial score (nSPS) is 23.5. The highest BCUT2D eigenvalue weighted by atomic mass is 79.9. The van der Waals surface area contributed by atoms with Gasteiger partial charge in [0, 0.05) is 36.6 Å². The van der Waals surface area contributed by atoms with Gasteiger partial charge in [-0.3, -0.25) is 10.0 Å². The van der Waals surface area contributed by atoms with Crippen LogP contribution in [0.4, 0.5) is 0 Å². The molecule has 1 heterocycles. The number of hydrazone groups is 1. The van der Waals surface area contributed by atoms with Crippen molar-refractivity contribution in [3.63, 3.8) is 0 Å². The van der Waals surface area contributed by atoms with Crippen LogP contribution in [0.25, 0.3) is 0 Å². The van der Waals surface area contributed by atoms with Crippen LogP contribution >= 0.6 is 15.9 Å². The largest absolute Gasteiger partial charge is 0.295 e. The summed E-state index contributed by atoms with van der Waals surface area (Å²) in [6.07, 6.45) is 6.28. The van der Waals surface area contributed by atoms with Gasteiger partial charge in [-0.05, 0) is 0 Å². The number of rotatable bonds is 0. The Kier molecular flexibility index (Phi) is 3.29. The van der Waals surface area contributed by atoms with E-state index < -0.39 is 0 Å². The summed E-state index contributed by atoms with van der Waals surface area (Å²) in [4.78, 5) is 4.07. The van der Waals surface area contributed by atoms with E-state index in [0.29, 0.717) is 0 Å². The molecule has 0 aromatic rings. The molecular weight excluding hydrogens is 206 g/mol. The van der Waals surface area contributed by atoms with Crippen molar-refractivity contribution in [3.05, 3.63) is 10.7 Å². The lowest BCUT2D eigenvalue weighted by Crippen LogP contribution is -2.13. The van der Waals surface area contributed by atoms with E-state index in [-0.39, 0.29) is 0 Å². The SMILES string of the molecule is CN1CC=N/C=C(/Br)CC=N1. The monoisotopic (exact) mass is 215 g/mol. The molecule has 0 bridgehead atoms. The van der Waals surface area contributed by atoms with Crippen molar-refractivity contribution >= 4 is 28.4 Å². The first-order chi connectivity index (χ1) is 5.29. The smallest absolute Gasteiger partial charge is 0.0709 e. The van der Waals surface area contributed by atoms with E-state index in [1.54, 1.807) is 6.20 Å². The van der Waals surface area contributed by atoms with E-state index in [0.717, 1.165) is 17.4 Å². The number of aliphatic imine (C=N–C) groups is 1. The maximum atomic E-state index is 4.14. The van der Waals surface area contributed by atoms with E-state index in [4.69, 9.17) is 0 Å². The molecule has 0 saturated heterocycles. The Morgan fingerprint density at radius 3 is 3.18 bits per heavy atom. The number of halogens is 1. The molecule has 0 amide bonds. The molecule has 0 aliphatic carbocycles. The summed E-state index contributed by atoms with van der Waals surface area (Å²) in [6, 6.07) is 0. The Labute approximate surface area is 74.6 Å². The molecule has 1 rings (SSSR count). The fourth-order valence-electron chi connectivity index (χ4n) is 0.666. The van der Waals surface area contributed by atoms with E-state index in [1.807, 2.05) is 24.5 Å². The van der Waals surface area contributed by atoms with E-state index in [2.05, 4.69) is 26.0 Å². The Bertz CT molecular complexity index is 208. The van der Waals surface area contributed by atoms with Gasteiger partial charge in [-0.1, -0.05) is 15.9 Å². The molecule has 4 heteroatoms. The van der Waals surface area contributed by atoms with Crippen molar-refractivity contribution in [3.8, 4) is 0 Å². The zero-order chi connectivity index (χ0) is 8.10. The Morgan fingerprint density at radius 2 is 2.36 bits per heavy atom. The van der Waals surface area contributed by atoms with Gasteiger partial charge in [0.25, 0.3) is 0 Å². The van der Waals surface area contributed by atoms with Crippen LogP contribution in [-0.2, 0) is 0 Å². The molecule has 0 spiro atoms. The van der Waals surface area contributed by atoms with Gasteiger partial charge >= 0.3 is 0 Å². The van der Waals surface area contributed by atoms with Gasteiger partial charge in [0.1, 0.15) is 0 Å². The third kappa shape index (κ3) is 3.32. The average Bonchev–Trinajstić information content (AvgIpc) is 2.04. The average molecular weight is 216 g/mol. The van der Waals surface area contributed by atoms with Crippen LogP contribution in [0.1, 0.15) is 6.42 Å². The molecule has 0 fully saturated rings. The van der Waals surface area contributed by atoms with Gasteiger partial charge < -0.3 is 0 Å². The van der Waals surface area contributed by atoms with E-state index >= 15 is 0 Å². The predicted octanol–water partition coefficient (Wildman–Crippen LogP) is 1.61. The van der Waals surface area contributed by atoms with Gasteiger partial charge in [0.05, 0.1) is 6.54 Å². The first-order valence-corrected chi connectivity index (χ1v) is 4.18. The zero-order valence-electron chi connectivity index (χ0n) is 6.37. The van der Waals surface area contributed by atoms with Crippen LogP contribution in [0.2, 0.25) is 0 Å². The minimum Gasteiger partial charge on any atom is -0.295 e. The molecule has 0 atom stereocenters. The third-order valence-electron chi connectivity index (χ3n) is 1.23. The Balaban J connectivity index is 2.63. The minimum atomic E-state index is 0.757. The summed E-state index contributed by atoms with van der Waals surface area (Å²) in [7, 11) is 1.92. The van der Waals surface area contributed by atoms with E-state index in [9.17, 15) is 0 Å². The van der Waals surface area contributed by atoms with Gasteiger partial charge in [0.2, 0.25) is 0 Å². The molecular formula is C7H10BrN3. The van der Waals surface area contributed by atoms with Crippen LogP contribution < -0.4 is 0 Å². The summed E-state index contributed by atoms with van der Waals surface area (Å²) >= 11 is 3.37. The lowest BCUT2D eigenvalue weighted by molar-refractivity contribution is 0.411. The molecule has 0 radical (unpaired) electrons. The second-order valence-electron chi connectivity index (χ2n) is 2.25. The summed E-state index contributed by atoms with van der Waals surface area (Å²) in [5.74, 6) is 0. The molecule has 1 aliphatic rings. The molecule has 11 heavy (non-hydrogen) atoms. The number of hydrogen-bond donors (Lipinski definition) is 0. The Hall–Kier alpha value is -0.640. The Morgan fingerprint density at radius 1 is 1.55 bits per heavy atom. The fourth-order valence-corrected chi connectivity index (χ4v) is 0.929. The maximum absolute atomic E-state index is 4.14. The van der Waals surface area contributed by atoms with Crippen molar-refractivity contribution in [1.29, 1.82) is 0 Å². The molecule has 0 saturated carbocycles. The highest BCUT2D eigenvalue weighted by molar-refractivity contribution is 9.11. The molecule has 0 unspecified atom stereocenters. The van der Waals surface area contributed by atoms with Crippen LogP contribution in [-0.4, -0.2) is 31.0 Å². The number of allylic oxidation sites excluding steroid dienone is 1. The quantitative estimate of drug-likeness (QED) is 0.604. The molecule has 1 aliphatic heterocycles. The fraction of sp³-hybridized carbons (Fsp3) is 0.429. The van der Waals surface area contributed by atoms with Crippen molar-refractivity contribution in [2.45, 2.75) is 6.42 Å². The molecule has 60 valence electrons. The van der Waals surface area contributed by atoms with Crippen molar-refractivity contribution in [2.24, 2.45) is 10.1 Å². The minimum absolute atomic E-state index is 0.757. The first kappa shape index (κ1) is 8.46. The van der Waals surface area contributed by atoms with Crippen molar-refractivity contribution in [2.75, 3.05) is 13.6 Å². The second-order valence-corrected chi connectivity index (χ2v) is 3.27. The second kappa shape index (κ2) is 4.28. The number of hydrogen-bond acceptors (Lipinski definition) is 3. The molecule has 0 aromatic carbocycles. The van der Waals surface area contributed by atoms with Crippen LogP contribution in [0, 0.1) is 0 Å². The lowest BCUT2D eigenvalue weighted by atomic mass is 10.4. The number of nitrogens with zero attached hydrogens (tertiary/aromatic N) is 3. The first-order valence-electron chi connectivity index (χ1n) is 3.39. The van der Waals surface area contributed by atoms with Crippen LogP contribution in [0.3, 0.4) is 0 Å². The summed E-state index contributed by atoms with van der Waals surface area (Å²) in [5.41, 5.74) is 0. The maximum Gasteiger partial charge on any atom is 0.0709 e. The van der Waals surface area contributed by atoms with Crippen molar-refractivity contribution in [1.82, 2.24) is 5.01 Å². The lowest BCUT2D eigenvalue weighted by Gasteiger charge is -2.06. The highest BCUT2D eigenvalue weighted by Gasteiger charge is 1.92. The van der Waals surface area contributed by atoms with Crippen LogP contribution in [0.15, 0.2) is 20.8 Å². The topological polar surface area (TPSA) is 28.0 Å². The molecule has 0 aromatic heterocycles. The van der Waals surface area contributed by atoms with Crippen molar-refractivity contribution < 1.29 is 0 Å². The summed E-state index contributed by atoms with van der Waals surface area (Å²) < 4.78 is 1.05.